The number of hydrogen-bond donors (Lipinski definition) is 1. The van der Waals surface area contributed by atoms with Gasteiger partial charge in [0.05, 0.1) is 15.7 Å². The third-order valence-electron chi connectivity index (χ3n) is 3.91. The molecule has 1 aliphatic rings. The van der Waals surface area contributed by atoms with Crippen molar-refractivity contribution in [1.82, 2.24) is 20.0 Å². The highest BCUT2D eigenvalue weighted by molar-refractivity contribution is 6.42. The van der Waals surface area contributed by atoms with Gasteiger partial charge in [-0.15, -0.1) is 0 Å². The molecule has 0 bridgehead atoms. The monoisotopic (exact) mass is 352 g/mol. The Labute approximate surface area is 145 Å². The van der Waals surface area contributed by atoms with E-state index in [0.717, 1.165) is 17.9 Å². The summed E-state index contributed by atoms with van der Waals surface area (Å²) >= 11 is 12.0. The van der Waals surface area contributed by atoms with Crippen molar-refractivity contribution in [3.8, 4) is 5.69 Å². The van der Waals surface area contributed by atoms with Gasteiger partial charge >= 0.3 is 0 Å². The van der Waals surface area contributed by atoms with Gasteiger partial charge in [-0.05, 0) is 38.1 Å². The Balaban J connectivity index is 1.88. The van der Waals surface area contributed by atoms with Crippen LogP contribution in [0.15, 0.2) is 24.3 Å². The molecular formula is C16H18Cl2N4O. The first-order chi connectivity index (χ1) is 11.0. The van der Waals surface area contributed by atoms with Crippen LogP contribution in [-0.4, -0.2) is 46.3 Å². The Morgan fingerprint density at radius 1 is 1.30 bits per heavy atom. The summed E-state index contributed by atoms with van der Waals surface area (Å²) in [4.78, 5) is 14.5. The van der Waals surface area contributed by atoms with Gasteiger partial charge < -0.3 is 10.2 Å². The highest BCUT2D eigenvalue weighted by Gasteiger charge is 2.24. The van der Waals surface area contributed by atoms with Gasteiger partial charge in [-0.2, -0.15) is 5.10 Å². The molecule has 0 unspecified atom stereocenters. The van der Waals surface area contributed by atoms with Gasteiger partial charge in [0, 0.05) is 31.4 Å². The molecule has 1 aliphatic heterocycles. The smallest absolute Gasteiger partial charge is 0.274 e. The van der Waals surface area contributed by atoms with E-state index in [2.05, 4.69) is 17.3 Å². The minimum Gasteiger partial charge on any atom is -0.334 e. The Bertz CT molecular complexity index is 744. The maximum Gasteiger partial charge on any atom is 0.274 e. The third kappa shape index (κ3) is 3.37. The van der Waals surface area contributed by atoms with Gasteiger partial charge in [0.25, 0.3) is 5.91 Å². The molecule has 0 spiro atoms. The highest BCUT2D eigenvalue weighted by Crippen LogP contribution is 2.25. The van der Waals surface area contributed by atoms with E-state index >= 15 is 0 Å². The molecule has 3 rings (SSSR count). The van der Waals surface area contributed by atoms with Crippen molar-refractivity contribution >= 4 is 29.1 Å². The van der Waals surface area contributed by atoms with Crippen LogP contribution in [0.5, 0.6) is 0 Å². The SMILES string of the molecule is Cc1cc(C(=O)N2CCN[C@H](C)C2)nn1-c1ccc(Cl)c(Cl)c1. The van der Waals surface area contributed by atoms with Crippen LogP contribution in [0.3, 0.4) is 0 Å². The lowest BCUT2D eigenvalue weighted by atomic mass is 10.2. The fraction of sp³-hybridized carbons (Fsp3) is 0.375. The fourth-order valence-corrected chi connectivity index (χ4v) is 3.03. The molecule has 122 valence electrons. The molecule has 5 nitrogen and oxygen atoms in total. The van der Waals surface area contributed by atoms with Crippen molar-refractivity contribution in [3.63, 3.8) is 0 Å². The molecule has 1 aromatic carbocycles. The van der Waals surface area contributed by atoms with Crippen LogP contribution in [0.4, 0.5) is 0 Å². The van der Waals surface area contributed by atoms with Crippen molar-refractivity contribution in [2.75, 3.05) is 19.6 Å². The van der Waals surface area contributed by atoms with Crippen molar-refractivity contribution in [1.29, 1.82) is 0 Å². The van der Waals surface area contributed by atoms with E-state index in [1.807, 2.05) is 17.9 Å². The summed E-state index contributed by atoms with van der Waals surface area (Å²) in [7, 11) is 0. The molecule has 1 N–H and O–H groups in total. The average molecular weight is 353 g/mol. The lowest BCUT2D eigenvalue weighted by molar-refractivity contribution is 0.0702. The molecule has 1 atom stereocenters. The third-order valence-corrected chi connectivity index (χ3v) is 4.65. The fourth-order valence-electron chi connectivity index (χ4n) is 2.74. The Hall–Kier alpha value is -1.56. The zero-order valence-electron chi connectivity index (χ0n) is 13.0. The number of rotatable bonds is 2. The minimum atomic E-state index is -0.0414. The second-order valence-electron chi connectivity index (χ2n) is 5.79. The number of halogens is 2. The number of carbonyl (C=O) groups is 1. The summed E-state index contributed by atoms with van der Waals surface area (Å²) in [6.45, 7) is 6.17. The summed E-state index contributed by atoms with van der Waals surface area (Å²) in [5.74, 6) is -0.0414. The zero-order chi connectivity index (χ0) is 16.6. The van der Waals surface area contributed by atoms with E-state index < -0.39 is 0 Å². The number of hydrogen-bond acceptors (Lipinski definition) is 3. The normalized spacial score (nSPS) is 18.3. The summed E-state index contributed by atoms with van der Waals surface area (Å²) in [5, 5.41) is 8.73. The Morgan fingerprint density at radius 3 is 2.78 bits per heavy atom. The van der Waals surface area contributed by atoms with E-state index in [4.69, 9.17) is 23.2 Å². The molecule has 0 saturated carbocycles. The molecule has 1 fully saturated rings. The molecule has 0 aliphatic carbocycles. The van der Waals surface area contributed by atoms with E-state index in [1.165, 1.54) is 0 Å². The van der Waals surface area contributed by atoms with Crippen molar-refractivity contribution in [2.24, 2.45) is 0 Å². The number of carbonyl (C=O) groups excluding carboxylic acids is 1. The summed E-state index contributed by atoms with van der Waals surface area (Å²) in [6, 6.07) is 7.39. The minimum absolute atomic E-state index is 0.0414. The van der Waals surface area contributed by atoms with Crippen LogP contribution in [-0.2, 0) is 0 Å². The lowest BCUT2D eigenvalue weighted by Gasteiger charge is -2.31. The van der Waals surface area contributed by atoms with E-state index in [0.29, 0.717) is 34.9 Å². The standard InChI is InChI=1S/C16H18Cl2N4O/c1-10-9-21(6-5-19-10)16(23)15-7-11(2)22(20-15)12-3-4-13(17)14(18)8-12/h3-4,7-8,10,19H,5-6,9H2,1-2H3/t10-/m1/s1. The number of amides is 1. The highest BCUT2D eigenvalue weighted by atomic mass is 35.5. The van der Waals surface area contributed by atoms with Crippen molar-refractivity contribution < 1.29 is 4.79 Å². The van der Waals surface area contributed by atoms with Crippen LogP contribution < -0.4 is 5.32 Å². The zero-order valence-corrected chi connectivity index (χ0v) is 14.5. The van der Waals surface area contributed by atoms with Crippen LogP contribution in [0, 0.1) is 6.92 Å². The predicted molar refractivity (Wildman–Crippen MR) is 91.7 cm³/mol. The number of piperazine rings is 1. The quantitative estimate of drug-likeness (QED) is 0.903. The molecule has 1 saturated heterocycles. The number of nitrogens with zero attached hydrogens (tertiary/aromatic N) is 3. The number of benzene rings is 1. The second-order valence-corrected chi connectivity index (χ2v) is 6.60. The molecule has 1 amide bonds. The van der Waals surface area contributed by atoms with Crippen LogP contribution in [0.25, 0.3) is 5.69 Å². The first kappa shape index (κ1) is 16.3. The van der Waals surface area contributed by atoms with Crippen LogP contribution in [0.1, 0.15) is 23.1 Å². The Morgan fingerprint density at radius 2 is 2.09 bits per heavy atom. The van der Waals surface area contributed by atoms with Crippen LogP contribution in [0.2, 0.25) is 10.0 Å². The lowest BCUT2D eigenvalue weighted by Crippen LogP contribution is -2.51. The molecule has 2 aromatic rings. The number of nitrogens with one attached hydrogen (secondary N) is 1. The predicted octanol–water partition coefficient (Wildman–Crippen LogP) is 2.92. The topological polar surface area (TPSA) is 50.2 Å². The largest absolute Gasteiger partial charge is 0.334 e. The molecule has 2 heterocycles. The van der Waals surface area contributed by atoms with Gasteiger partial charge in [-0.1, -0.05) is 23.2 Å². The van der Waals surface area contributed by atoms with E-state index in [-0.39, 0.29) is 5.91 Å². The maximum atomic E-state index is 12.6. The molecule has 7 heteroatoms. The first-order valence-corrected chi connectivity index (χ1v) is 8.26. The maximum absolute atomic E-state index is 12.6. The van der Waals surface area contributed by atoms with Gasteiger partial charge in [0.2, 0.25) is 0 Å². The van der Waals surface area contributed by atoms with Crippen molar-refractivity contribution in [3.05, 3.63) is 45.7 Å². The summed E-state index contributed by atoms with van der Waals surface area (Å²) in [6.07, 6.45) is 0. The van der Waals surface area contributed by atoms with Gasteiger partial charge in [0.15, 0.2) is 5.69 Å². The van der Waals surface area contributed by atoms with Gasteiger partial charge in [0.1, 0.15) is 0 Å². The summed E-state index contributed by atoms with van der Waals surface area (Å²) < 4.78 is 1.71. The van der Waals surface area contributed by atoms with E-state index in [1.54, 1.807) is 22.9 Å². The molecule has 0 radical (unpaired) electrons. The number of aryl methyl sites for hydroxylation is 1. The van der Waals surface area contributed by atoms with E-state index in [9.17, 15) is 4.79 Å². The molecule has 23 heavy (non-hydrogen) atoms. The van der Waals surface area contributed by atoms with Gasteiger partial charge in [-0.3, -0.25) is 4.79 Å². The van der Waals surface area contributed by atoms with Crippen LogP contribution >= 0.6 is 23.2 Å². The van der Waals surface area contributed by atoms with Crippen molar-refractivity contribution in [2.45, 2.75) is 19.9 Å². The molecule has 1 aromatic heterocycles. The number of aromatic nitrogens is 2. The first-order valence-electron chi connectivity index (χ1n) is 7.50. The summed E-state index contributed by atoms with van der Waals surface area (Å²) in [5.41, 5.74) is 2.10. The molecular weight excluding hydrogens is 335 g/mol. The Kier molecular flexibility index (Phi) is 4.62. The average Bonchev–Trinajstić information content (AvgIpc) is 2.91. The second kappa shape index (κ2) is 6.51. The van der Waals surface area contributed by atoms with Gasteiger partial charge in [-0.25, -0.2) is 4.68 Å².